The Bertz CT molecular complexity index is 238. The van der Waals surface area contributed by atoms with Gasteiger partial charge in [0.2, 0.25) is 0 Å². The molecule has 2 nitrogen and oxygen atoms in total. The third-order valence-electron chi connectivity index (χ3n) is 3.94. The Morgan fingerprint density at radius 1 is 1.29 bits per heavy atom. The Hall–Kier alpha value is 0.270. The first kappa shape index (κ1) is 13.7. The molecule has 0 saturated heterocycles. The highest BCUT2D eigenvalue weighted by molar-refractivity contribution is 8.00. The average Bonchev–Trinajstić information content (AvgIpc) is 2.92. The lowest BCUT2D eigenvalue weighted by atomic mass is 9.97. The zero-order valence-corrected chi connectivity index (χ0v) is 12.1. The molecule has 17 heavy (non-hydrogen) atoms. The third-order valence-corrected chi connectivity index (χ3v) is 5.43. The van der Waals surface area contributed by atoms with Crippen LogP contribution in [0.1, 0.15) is 58.8 Å². The van der Waals surface area contributed by atoms with E-state index in [2.05, 4.69) is 30.9 Å². The lowest BCUT2D eigenvalue weighted by molar-refractivity contribution is 0.164. The normalized spacial score (nSPS) is 27.0. The molecule has 100 valence electrons. The molecule has 0 aliphatic heterocycles. The molecule has 0 amide bonds. The van der Waals surface area contributed by atoms with E-state index in [1.807, 2.05) is 0 Å². The molecular weight excluding hydrogens is 230 g/mol. The number of aliphatic hydroxyl groups excluding tert-OH is 1. The van der Waals surface area contributed by atoms with Crippen molar-refractivity contribution in [2.75, 3.05) is 6.61 Å². The van der Waals surface area contributed by atoms with E-state index in [0.717, 1.165) is 11.7 Å². The van der Waals surface area contributed by atoms with Gasteiger partial charge in [-0.25, -0.2) is 0 Å². The zero-order chi connectivity index (χ0) is 12.3. The summed E-state index contributed by atoms with van der Waals surface area (Å²) in [6.45, 7) is 4.77. The highest BCUT2D eigenvalue weighted by Gasteiger charge is 2.33. The smallest absolute Gasteiger partial charge is 0.0611 e. The highest BCUT2D eigenvalue weighted by atomic mass is 32.2. The fraction of sp³-hybridized carbons (Fsp3) is 1.00. The van der Waals surface area contributed by atoms with Gasteiger partial charge in [0.25, 0.3) is 0 Å². The molecule has 0 aromatic carbocycles. The Labute approximate surface area is 110 Å². The monoisotopic (exact) mass is 257 g/mol. The van der Waals surface area contributed by atoms with Gasteiger partial charge >= 0.3 is 0 Å². The van der Waals surface area contributed by atoms with Crippen molar-refractivity contribution in [3.05, 3.63) is 0 Å². The first-order valence-electron chi connectivity index (χ1n) is 7.15. The van der Waals surface area contributed by atoms with Crippen LogP contribution in [0.5, 0.6) is 0 Å². The predicted molar refractivity (Wildman–Crippen MR) is 75.6 cm³/mol. The molecule has 2 rings (SSSR count). The summed E-state index contributed by atoms with van der Waals surface area (Å²) in [6.07, 6.45) is 9.31. The molecular formula is C14H27NOS. The molecule has 0 aromatic heterocycles. The Morgan fingerprint density at radius 2 is 1.94 bits per heavy atom. The lowest BCUT2D eigenvalue weighted by Gasteiger charge is -2.32. The molecule has 2 unspecified atom stereocenters. The van der Waals surface area contributed by atoms with Crippen molar-refractivity contribution in [2.45, 2.75) is 80.9 Å². The van der Waals surface area contributed by atoms with Crippen LogP contribution in [0.15, 0.2) is 0 Å². The molecule has 0 spiro atoms. The molecule has 0 aromatic rings. The van der Waals surface area contributed by atoms with Crippen molar-refractivity contribution in [2.24, 2.45) is 0 Å². The molecule has 0 radical (unpaired) electrons. The average molecular weight is 257 g/mol. The standard InChI is InChI=1S/C14H27NOS/c1-11(17-13-5-3-4-6-13)9-14(2,10-16)15-12-7-8-12/h11-13,15-16H,3-10H2,1-2H3. The Kier molecular flexibility index (Phi) is 4.79. The summed E-state index contributed by atoms with van der Waals surface area (Å²) in [6, 6.07) is 0.677. The van der Waals surface area contributed by atoms with Crippen molar-refractivity contribution < 1.29 is 5.11 Å². The number of aliphatic hydroxyl groups is 1. The molecule has 2 N–H and O–H groups in total. The van der Waals surface area contributed by atoms with E-state index < -0.39 is 0 Å². The highest BCUT2D eigenvalue weighted by Crippen LogP contribution is 2.35. The van der Waals surface area contributed by atoms with Crippen LogP contribution in [-0.2, 0) is 0 Å². The van der Waals surface area contributed by atoms with E-state index >= 15 is 0 Å². The SMILES string of the molecule is CC(CC(C)(CO)NC1CC1)SC1CCCC1. The number of thioether (sulfide) groups is 1. The van der Waals surface area contributed by atoms with Crippen molar-refractivity contribution in [1.82, 2.24) is 5.32 Å². The van der Waals surface area contributed by atoms with Gasteiger partial charge in [-0.1, -0.05) is 19.8 Å². The van der Waals surface area contributed by atoms with Crippen LogP contribution >= 0.6 is 11.8 Å². The maximum absolute atomic E-state index is 9.60. The van der Waals surface area contributed by atoms with Crippen LogP contribution in [-0.4, -0.2) is 33.8 Å². The summed E-state index contributed by atoms with van der Waals surface area (Å²) in [5.74, 6) is 0. The van der Waals surface area contributed by atoms with Gasteiger partial charge in [-0.15, -0.1) is 0 Å². The predicted octanol–water partition coefficient (Wildman–Crippen LogP) is 2.94. The van der Waals surface area contributed by atoms with Gasteiger partial charge in [0.05, 0.1) is 6.61 Å². The molecule has 0 heterocycles. The number of hydrogen-bond donors (Lipinski definition) is 2. The van der Waals surface area contributed by atoms with Crippen LogP contribution < -0.4 is 5.32 Å². The van der Waals surface area contributed by atoms with Crippen molar-refractivity contribution >= 4 is 11.8 Å². The van der Waals surface area contributed by atoms with Crippen LogP contribution in [0.4, 0.5) is 0 Å². The van der Waals surface area contributed by atoms with Gasteiger partial charge < -0.3 is 10.4 Å². The van der Waals surface area contributed by atoms with Gasteiger partial charge in [0.1, 0.15) is 0 Å². The van der Waals surface area contributed by atoms with E-state index in [9.17, 15) is 5.11 Å². The molecule has 3 heteroatoms. The second kappa shape index (κ2) is 5.94. The van der Waals surface area contributed by atoms with Crippen LogP contribution in [0.3, 0.4) is 0 Å². The Morgan fingerprint density at radius 3 is 2.47 bits per heavy atom. The topological polar surface area (TPSA) is 32.3 Å². The van der Waals surface area contributed by atoms with Crippen LogP contribution in [0.2, 0.25) is 0 Å². The molecule has 2 fully saturated rings. The molecule has 0 bridgehead atoms. The molecule has 2 saturated carbocycles. The van der Waals surface area contributed by atoms with Gasteiger partial charge in [0, 0.05) is 22.1 Å². The second-order valence-electron chi connectivity index (χ2n) is 6.19. The fourth-order valence-corrected chi connectivity index (χ4v) is 4.65. The van der Waals surface area contributed by atoms with Crippen molar-refractivity contribution in [1.29, 1.82) is 0 Å². The van der Waals surface area contributed by atoms with Gasteiger partial charge in [-0.3, -0.25) is 0 Å². The van der Waals surface area contributed by atoms with Crippen LogP contribution in [0, 0.1) is 0 Å². The summed E-state index contributed by atoms with van der Waals surface area (Å²) < 4.78 is 0. The number of nitrogens with one attached hydrogen (secondary N) is 1. The summed E-state index contributed by atoms with van der Waals surface area (Å²) in [5.41, 5.74) is -0.0633. The summed E-state index contributed by atoms with van der Waals surface area (Å²) in [4.78, 5) is 0. The van der Waals surface area contributed by atoms with Gasteiger partial charge in [-0.2, -0.15) is 11.8 Å². The summed E-state index contributed by atoms with van der Waals surface area (Å²) >= 11 is 2.15. The zero-order valence-electron chi connectivity index (χ0n) is 11.2. The number of hydrogen-bond acceptors (Lipinski definition) is 3. The van der Waals surface area contributed by atoms with E-state index in [4.69, 9.17) is 0 Å². The van der Waals surface area contributed by atoms with Crippen LogP contribution in [0.25, 0.3) is 0 Å². The minimum Gasteiger partial charge on any atom is -0.394 e. The lowest BCUT2D eigenvalue weighted by Crippen LogP contribution is -2.48. The largest absolute Gasteiger partial charge is 0.394 e. The third kappa shape index (κ3) is 4.46. The van der Waals surface area contributed by atoms with E-state index in [-0.39, 0.29) is 12.1 Å². The summed E-state index contributed by atoms with van der Waals surface area (Å²) in [7, 11) is 0. The van der Waals surface area contributed by atoms with Crippen molar-refractivity contribution in [3.63, 3.8) is 0 Å². The maximum atomic E-state index is 9.60. The van der Waals surface area contributed by atoms with E-state index in [1.165, 1.54) is 38.5 Å². The first-order chi connectivity index (χ1) is 8.11. The van der Waals surface area contributed by atoms with Gasteiger partial charge in [-0.05, 0) is 39.0 Å². The minimum absolute atomic E-state index is 0.0633. The fourth-order valence-electron chi connectivity index (χ4n) is 2.93. The maximum Gasteiger partial charge on any atom is 0.0611 e. The second-order valence-corrected chi connectivity index (χ2v) is 7.94. The minimum atomic E-state index is -0.0633. The quantitative estimate of drug-likeness (QED) is 0.735. The first-order valence-corrected chi connectivity index (χ1v) is 8.09. The molecule has 2 aliphatic rings. The Balaban J connectivity index is 1.75. The molecule has 2 aliphatic carbocycles. The summed E-state index contributed by atoms with van der Waals surface area (Å²) in [5, 5.41) is 14.7. The van der Waals surface area contributed by atoms with Crippen molar-refractivity contribution in [3.8, 4) is 0 Å². The van der Waals surface area contributed by atoms with Gasteiger partial charge in [0.15, 0.2) is 0 Å². The molecule has 2 atom stereocenters. The van der Waals surface area contributed by atoms with E-state index in [1.54, 1.807) is 0 Å². The number of rotatable bonds is 7. The van der Waals surface area contributed by atoms with E-state index in [0.29, 0.717) is 11.3 Å².